The summed E-state index contributed by atoms with van der Waals surface area (Å²) < 4.78 is 3.67. The van der Waals surface area contributed by atoms with Crippen molar-refractivity contribution in [2.24, 2.45) is 0 Å². The largest absolute Gasteiger partial charge is 0.348 e. The molecule has 1 fully saturated rings. The first-order chi connectivity index (χ1) is 6.86. The lowest BCUT2D eigenvalue weighted by Gasteiger charge is -2.22. The summed E-state index contributed by atoms with van der Waals surface area (Å²) in [6.07, 6.45) is 5.94. The van der Waals surface area contributed by atoms with Crippen molar-refractivity contribution in [3.8, 4) is 0 Å². The highest BCUT2D eigenvalue weighted by atomic mass is 32.1. The van der Waals surface area contributed by atoms with Crippen LogP contribution in [0.5, 0.6) is 0 Å². The molecule has 0 atom stereocenters. The minimum absolute atomic E-state index is 0.0781. The maximum Gasteiger partial charge on any atom is 0.272 e. The number of hydrogen-bond donors (Lipinski definition) is 1. The Morgan fingerprint density at radius 2 is 2.21 bits per heavy atom. The fraction of sp³-hybridized carbons (Fsp3) is 0.667. The van der Waals surface area contributed by atoms with Crippen LogP contribution in [0.3, 0.4) is 0 Å². The first kappa shape index (κ1) is 9.58. The van der Waals surface area contributed by atoms with Crippen LogP contribution >= 0.6 is 11.5 Å². The van der Waals surface area contributed by atoms with Crippen LogP contribution in [0.2, 0.25) is 0 Å². The van der Waals surface area contributed by atoms with Crippen molar-refractivity contribution in [1.82, 2.24) is 14.9 Å². The molecule has 5 heteroatoms. The Hall–Kier alpha value is -0.970. The number of nitrogens with one attached hydrogen (secondary N) is 1. The average molecular weight is 211 g/mol. The molecule has 1 aliphatic carbocycles. The zero-order valence-electron chi connectivity index (χ0n) is 7.90. The van der Waals surface area contributed by atoms with E-state index in [1.165, 1.54) is 30.8 Å². The van der Waals surface area contributed by atoms with E-state index >= 15 is 0 Å². The second kappa shape index (κ2) is 4.50. The molecule has 1 aromatic heterocycles. The van der Waals surface area contributed by atoms with E-state index in [1.54, 1.807) is 5.38 Å². The van der Waals surface area contributed by atoms with Gasteiger partial charge in [-0.3, -0.25) is 4.79 Å². The lowest BCUT2D eigenvalue weighted by Crippen LogP contribution is -2.36. The van der Waals surface area contributed by atoms with Crippen molar-refractivity contribution in [3.63, 3.8) is 0 Å². The summed E-state index contributed by atoms with van der Waals surface area (Å²) in [6.45, 7) is 0. The molecule has 1 aliphatic rings. The Morgan fingerprint density at radius 3 is 2.86 bits per heavy atom. The molecule has 76 valence electrons. The molecule has 0 radical (unpaired) electrons. The third-order valence-corrected chi connectivity index (χ3v) is 3.04. The van der Waals surface area contributed by atoms with E-state index in [0.717, 1.165) is 12.8 Å². The minimum atomic E-state index is -0.0781. The van der Waals surface area contributed by atoms with Gasteiger partial charge in [0.1, 0.15) is 0 Å². The predicted octanol–water partition coefficient (Wildman–Crippen LogP) is 1.60. The van der Waals surface area contributed by atoms with E-state index in [0.29, 0.717) is 11.7 Å². The van der Waals surface area contributed by atoms with Crippen LogP contribution < -0.4 is 5.32 Å². The minimum Gasteiger partial charge on any atom is -0.348 e. The lowest BCUT2D eigenvalue weighted by atomic mass is 9.95. The second-order valence-electron chi connectivity index (χ2n) is 3.60. The SMILES string of the molecule is O=C(NC1CCCCC1)c1csnn1. The van der Waals surface area contributed by atoms with E-state index in [4.69, 9.17) is 0 Å². The van der Waals surface area contributed by atoms with E-state index in [1.807, 2.05) is 0 Å². The van der Waals surface area contributed by atoms with Gasteiger partial charge in [-0.25, -0.2) is 0 Å². The van der Waals surface area contributed by atoms with Crippen LogP contribution in [0, 0.1) is 0 Å². The summed E-state index contributed by atoms with van der Waals surface area (Å²) in [6, 6.07) is 0.345. The highest BCUT2D eigenvalue weighted by Crippen LogP contribution is 2.17. The number of rotatable bonds is 2. The van der Waals surface area contributed by atoms with E-state index in [-0.39, 0.29) is 5.91 Å². The van der Waals surface area contributed by atoms with Gasteiger partial charge in [0.15, 0.2) is 5.69 Å². The molecule has 0 spiro atoms. The number of carbonyl (C=O) groups excluding carboxylic acids is 1. The van der Waals surface area contributed by atoms with Crippen molar-refractivity contribution in [2.45, 2.75) is 38.1 Å². The summed E-state index contributed by atoms with van der Waals surface area (Å²) in [5, 5.41) is 8.40. The van der Waals surface area contributed by atoms with Gasteiger partial charge >= 0.3 is 0 Å². The lowest BCUT2D eigenvalue weighted by molar-refractivity contribution is 0.0922. The number of nitrogens with zero attached hydrogens (tertiary/aromatic N) is 2. The Kier molecular flexibility index (Phi) is 3.08. The second-order valence-corrected chi connectivity index (χ2v) is 4.21. The number of carbonyl (C=O) groups is 1. The molecule has 2 rings (SSSR count). The molecule has 4 nitrogen and oxygen atoms in total. The molecule has 14 heavy (non-hydrogen) atoms. The summed E-state index contributed by atoms with van der Waals surface area (Å²) in [7, 11) is 0. The molecule has 1 heterocycles. The number of aromatic nitrogens is 2. The topological polar surface area (TPSA) is 54.9 Å². The van der Waals surface area contributed by atoms with Crippen molar-refractivity contribution in [1.29, 1.82) is 0 Å². The van der Waals surface area contributed by atoms with Crippen LogP contribution in [0.25, 0.3) is 0 Å². The van der Waals surface area contributed by atoms with Crippen LogP contribution in [-0.4, -0.2) is 21.5 Å². The fourth-order valence-electron chi connectivity index (χ4n) is 1.77. The smallest absolute Gasteiger partial charge is 0.272 e. The van der Waals surface area contributed by atoms with Gasteiger partial charge in [-0.1, -0.05) is 23.8 Å². The quantitative estimate of drug-likeness (QED) is 0.808. The molecule has 1 aromatic rings. The van der Waals surface area contributed by atoms with Crippen LogP contribution in [0.4, 0.5) is 0 Å². The zero-order valence-corrected chi connectivity index (χ0v) is 8.72. The summed E-state index contributed by atoms with van der Waals surface area (Å²) >= 11 is 1.21. The van der Waals surface area contributed by atoms with Crippen molar-refractivity contribution >= 4 is 17.4 Å². The van der Waals surface area contributed by atoms with Crippen LogP contribution in [0.1, 0.15) is 42.6 Å². The van der Waals surface area contributed by atoms with Gasteiger partial charge in [-0.05, 0) is 24.4 Å². The molecule has 0 saturated heterocycles. The normalized spacial score (nSPS) is 18.0. The summed E-state index contributed by atoms with van der Waals surface area (Å²) in [4.78, 5) is 11.6. The van der Waals surface area contributed by atoms with Crippen LogP contribution in [0.15, 0.2) is 5.38 Å². The van der Waals surface area contributed by atoms with Crippen molar-refractivity contribution in [2.75, 3.05) is 0 Å². The summed E-state index contributed by atoms with van der Waals surface area (Å²) in [5.74, 6) is -0.0781. The van der Waals surface area contributed by atoms with Crippen LogP contribution in [-0.2, 0) is 0 Å². The predicted molar refractivity (Wildman–Crippen MR) is 54.2 cm³/mol. The van der Waals surface area contributed by atoms with Gasteiger partial charge < -0.3 is 5.32 Å². The standard InChI is InChI=1S/C9H13N3OS/c13-9(8-6-14-12-11-8)10-7-4-2-1-3-5-7/h6-7H,1-5H2,(H,10,13). The highest BCUT2D eigenvalue weighted by molar-refractivity contribution is 7.03. The third kappa shape index (κ3) is 2.29. The average Bonchev–Trinajstić information content (AvgIpc) is 2.72. The Bertz CT molecular complexity index is 293. The molecule has 0 bridgehead atoms. The summed E-state index contributed by atoms with van der Waals surface area (Å²) in [5.41, 5.74) is 0.445. The molecule has 1 amide bonds. The van der Waals surface area contributed by atoms with Gasteiger partial charge in [0.2, 0.25) is 0 Å². The van der Waals surface area contributed by atoms with E-state index in [2.05, 4.69) is 14.9 Å². The van der Waals surface area contributed by atoms with E-state index < -0.39 is 0 Å². The molecule has 1 saturated carbocycles. The molecule has 1 N–H and O–H groups in total. The maximum atomic E-state index is 11.6. The zero-order chi connectivity index (χ0) is 9.80. The van der Waals surface area contributed by atoms with Gasteiger partial charge in [0.05, 0.1) is 0 Å². The Labute approximate surface area is 86.9 Å². The van der Waals surface area contributed by atoms with Crippen molar-refractivity contribution in [3.05, 3.63) is 11.1 Å². The maximum absolute atomic E-state index is 11.6. The Morgan fingerprint density at radius 1 is 1.43 bits per heavy atom. The first-order valence-corrected chi connectivity index (χ1v) is 5.78. The molecule has 0 unspecified atom stereocenters. The Balaban J connectivity index is 1.87. The fourth-order valence-corrected chi connectivity index (χ4v) is 2.21. The van der Waals surface area contributed by atoms with Gasteiger partial charge in [-0.2, -0.15) is 0 Å². The molecular weight excluding hydrogens is 198 g/mol. The van der Waals surface area contributed by atoms with Gasteiger partial charge in [0.25, 0.3) is 5.91 Å². The first-order valence-electron chi connectivity index (χ1n) is 4.94. The van der Waals surface area contributed by atoms with Gasteiger partial charge in [-0.15, -0.1) is 5.10 Å². The van der Waals surface area contributed by atoms with Crippen molar-refractivity contribution < 1.29 is 4.79 Å². The van der Waals surface area contributed by atoms with Gasteiger partial charge in [0, 0.05) is 11.4 Å². The highest BCUT2D eigenvalue weighted by Gasteiger charge is 2.17. The number of amides is 1. The molecular formula is C9H13N3OS. The molecule has 0 aliphatic heterocycles. The van der Waals surface area contributed by atoms with E-state index in [9.17, 15) is 4.79 Å². The monoisotopic (exact) mass is 211 g/mol. The third-order valence-electron chi connectivity index (χ3n) is 2.53. The number of hydrogen-bond acceptors (Lipinski definition) is 4. The molecule has 0 aromatic carbocycles.